The molecule has 0 aliphatic carbocycles. The van der Waals surface area contributed by atoms with Crippen molar-refractivity contribution in [3.05, 3.63) is 0 Å². The van der Waals surface area contributed by atoms with Crippen molar-refractivity contribution in [1.82, 2.24) is 0 Å². The molecule has 0 heterocycles. The summed E-state index contributed by atoms with van der Waals surface area (Å²) in [6, 6.07) is 0. The topological polar surface area (TPSA) is 4.44 Å². The lowest BCUT2D eigenvalue weighted by molar-refractivity contribution is -0.858. The van der Waals surface area contributed by atoms with Crippen LogP contribution in [0, 0.1) is 0 Å². The summed E-state index contributed by atoms with van der Waals surface area (Å²) in [6.07, 6.45) is 23.5. The first-order valence-electron chi connectivity index (χ1n) is 10.1. The molecule has 0 rings (SSSR count). The molecule has 0 aromatic rings. The molecule has 0 amide bonds. The Morgan fingerprint density at radius 2 is 0.739 bits per heavy atom. The molecule has 0 saturated carbocycles. The van der Waals surface area contributed by atoms with Crippen molar-refractivity contribution in [2.75, 3.05) is 25.1 Å². The van der Waals surface area contributed by atoms with Gasteiger partial charge in [-0.3, -0.25) is 0 Å². The van der Waals surface area contributed by atoms with E-state index in [0.29, 0.717) is 0 Å². The maximum absolute atomic E-state index is 2.49. The number of alkyl halides is 1. The van der Waals surface area contributed by atoms with Crippen LogP contribution in [0.25, 0.3) is 0 Å². The van der Waals surface area contributed by atoms with Gasteiger partial charge in [0.2, 0.25) is 0 Å². The first kappa shape index (κ1) is 26.4. The predicted octanol–water partition coefficient (Wildman–Crippen LogP) is 2.81. The first-order chi connectivity index (χ1) is 10.8. The van der Waals surface area contributed by atoms with Gasteiger partial charge in [0, 0.05) is 0 Å². The molecule has 0 fully saturated rings. The Bertz CT molecular complexity index is 200. The van der Waals surface area contributed by atoms with Gasteiger partial charge in [0.05, 0.1) is 20.6 Å². The molecule has 0 aromatic heterocycles. The summed E-state index contributed by atoms with van der Waals surface area (Å²) in [6.45, 7) is 1.35. The van der Waals surface area contributed by atoms with E-state index < -0.39 is 0 Å². The van der Waals surface area contributed by atoms with Gasteiger partial charge < -0.3 is 21.9 Å². The third-order valence-corrected chi connectivity index (χ3v) is 5.32. The maximum Gasteiger partial charge on any atom is 0.0766 e. The zero-order valence-electron chi connectivity index (χ0n) is 16.0. The molecule has 1 N–H and O–H groups in total. The molecule has 0 unspecified atom stereocenters. The van der Waals surface area contributed by atoms with Gasteiger partial charge in [0.25, 0.3) is 0 Å². The highest BCUT2D eigenvalue weighted by atomic mass is 127. The molecule has 0 aromatic carbocycles. The summed E-state index contributed by atoms with van der Waals surface area (Å²) in [7, 11) is 4.51. The fraction of sp³-hybridized carbons (Fsp3) is 1.00. The van der Waals surface area contributed by atoms with Gasteiger partial charge in [-0.15, -0.1) is 0 Å². The Kier molecular flexibility index (Phi) is 26.6. The number of quaternary nitrogens is 1. The van der Waals surface area contributed by atoms with Gasteiger partial charge in [-0.2, -0.15) is 0 Å². The van der Waals surface area contributed by atoms with Crippen molar-refractivity contribution in [2.24, 2.45) is 0 Å². The first-order valence-corrected chi connectivity index (χ1v) is 11.6. The Balaban J connectivity index is 0. The fourth-order valence-electron chi connectivity index (χ4n) is 3.05. The number of rotatable bonds is 18. The summed E-state index contributed by atoms with van der Waals surface area (Å²) in [4.78, 5) is 1.60. The Labute approximate surface area is 171 Å². The molecule has 0 spiro atoms. The number of nitrogens with one attached hydrogen (secondary N) is 1. The summed E-state index contributed by atoms with van der Waals surface area (Å²) in [5, 5.41) is 0. The van der Waals surface area contributed by atoms with Crippen molar-refractivity contribution in [1.29, 1.82) is 0 Å². The number of hydrogen-bond acceptors (Lipinski definition) is 0. The van der Waals surface area contributed by atoms with E-state index in [0.717, 1.165) is 0 Å². The highest BCUT2D eigenvalue weighted by Crippen LogP contribution is 2.13. The molecule has 23 heavy (non-hydrogen) atoms. The third kappa shape index (κ3) is 25.5. The van der Waals surface area contributed by atoms with Crippen LogP contribution in [0.15, 0.2) is 0 Å². The number of halogens is 2. The summed E-state index contributed by atoms with van der Waals surface area (Å²) in [5.41, 5.74) is 0. The Morgan fingerprint density at radius 1 is 0.478 bits per heavy atom. The normalized spacial score (nSPS) is 11.0. The van der Waals surface area contributed by atoms with Gasteiger partial charge in [-0.1, -0.05) is 106 Å². The molecule has 0 aliphatic heterocycles. The van der Waals surface area contributed by atoms with Crippen LogP contribution in [0.1, 0.15) is 103 Å². The van der Waals surface area contributed by atoms with Gasteiger partial charge in [-0.25, -0.2) is 0 Å². The van der Waals surface area contributed by atoms with Crippen LogP contribution in [0.5, 0.6) is 0 Å². The van der Waals surface area contributed by atoms with Gasteiger partial charge in [0.1, 0.15) is 0 Å². The van der Waals surface area contributed by atoms with Crippen LogP contribution in [-0.4, -0.2) is 25.1 Å². The molecular formula is C20H43BrIN. The molecule has 0 aliphatic rings. The lowest BCUT2D eigenvalue weighted by atomic mass is 10.0. The van der Waals surface area contributed by atoms with Crippen molar-refractivity contribution < 1.29 is 21.9 Å². The highest BCUT2D eigenvalue weighted by molar-refractivity contribution is 14.1. The molecule has 142 valence electrons. The highest BCUT2D eigenvalue weighted by Gasteiger charge is 1.96. The van der Waals surface area contributed by atoms with E-state index in [1.165, 1.54) is 114 Å². The second kappa shape index (κ2) is 23.2. The Hall–Kier alpha value is 1.17. The van der Waals surface area contributed by atoms with Gasteiger partial charge in [-0.05, 0) is 23.7 Å². The average Bonchev–Trinajstić information content (AvgIpc) is 2.50. The van der Waals surface area contributed by atoms with Crippen LogP contribution in [0.2, 0.25) is 0 Å². The second-order valence-electron chi connectivity index (χ2n) is 7.30. The van der Waals surface area contributed by atoms with Crippen LogP contribution < -0.4 is 21.9 Å². The lowest BCUT2D eigenvalue weighted by Gasteiger charge is -2.06. The fourth-order valence-corrected chi connectivity index (χ4v) is 3.59. The minimum absolute atomic E-state index is 0. The van der Waals surface area contributed by atoms with Crippen molar-refractivity contribution in [3.63, 3.8) is 0 Å². The predicted molar refractivity (Wildman–Crippen MR) is 110 cm³/mol. The van der Waals surface area contributed by atoms with E-state index in [9.17, 15) is 0 Å². The summed E-state index contributed by atoms with van der Waals surface area (Å²) >= 11 is 2.49. The lowest BCUT2D eigenvalue weighted by Crippen LogP contribution is -3.05. The maximum atomic E-state index is 2.49. The Morgan fingerprint density at radius 3 is 1.00 bits per heavy atom. The zero-order valence-corrected chi connectivity index (χ0v) is 19.7. The van der Waals surface area contributed by atoms with Crippen LogP contribution in [0.3, 0.4) is 0 Å². The quantitative estimate of drug-likeness (QED) is 0.167. The summed E-state index contributed by atoms with van der Waals surface area (Å²) < 4.78 is 1.34. The number of unbranched alkanes of at least 4 members (excludes halogenated alkanes) is 15. The SMILES string of the molecule is C[NH+](C)CCCCCCCCCCCCCCCCCCI.[Br-]. The minimum atomic E-state index is 0. The van der Waals surface area contributed by atoms with Gasteiger partial charge in [0.15, 0.2) is 0 Å². The summed E-state index contributed by atoms with van der Waals surface area (Å²) in [5.74, 6) is 0. The van der Waals surface area contributed by atoms with E-state index in [-0.39, 0.29) is 17.0 Å². The largest absolute Gasteiger partial charge is 1.00 e. The third-order valence-electron chi connectivity index (χ3n) is 4.56. The standard InChI is InChI=1S/C20H42IN.BrH/c1-22(2)20-18-16-14-12-10-8-6-4-3-5-7-9-11-13-15-17-19-21;/h3-20H2,1-2H3;1H. The second-order valence-corrected chi connectivity index (χ2v) is 8.38. The minimum Gasteiger partial charge on any atom is -1.00 e. The monoisotopic (exact) mass is 503 g/mol. The molecular weight excluding hydrogens is 461 g/mol. The van der Waals surface area contributed by atoms with Crippen LogP contribution in [0.4, 0.5) is 0 Å². The van der Waals surface area contributed by atoms with Gasteiger partial charge >= 0.3 is 0 Å². The molecule has 0 saturated heterocycles. The molecule has 3 heteroatoms. The molecule has 0 bridgehead atoms. The van der Waals surface area contributed by atoms with Crippen molar-refractivity contribution in [2.45, 2.75) is 103 Å². The van der Waals surface area contributed by atoms with Crippen LogP contribution >= 0.6 is 22.6 Å². The van der Waals surface area contributed by atoms with E-state index in [1.54, 1.807) is 4.90 Å². The zero-order chi connectivity index (χ0) is 16.3. The van der Waals surface area contributed by atoms with E-state index in [4.69, 9.17) is 0 Å². The molecule has 1 nitrogen and oxygen atoms in total. The van der Waals surface area contributed by atoms with E-state index in [2.05, 4.69) is 36.7 Å². The van der Waals surface area contributed by atoms with Crippen molar-refractivity contribution in [3.8, 4) is 0 Å². The number of hydrogen-bond donors (Lipinski definition) is 1. The van der Waals surface area contributed by atoms with E-state index >= 15 is 0 Å². The average molecular weight is 504 g/mol. The molecule has 0 radical (unpaired) electrons. The van der Waals surface area contributed by atoms with E-state index in [1.807, 2.05) is 0 Å². The smallest absolute Gasteiger partial charge is 0.0766 e. The molecule has 0 atom stereocenters. The van der Waals surface area contributed by atoms with Crippen LogP contribution in [-0.2, 0) is 0 Å². The van der Waals surface area contributed by atoms with Crippen molar-refractivity contribution >= 4 is 22.6 Å².